The number of hydrogen-bond donors (Lipinski definition) is 2. The third-order valence-electron chi connectivity index (χ3n) is 1.94. The molecule has 0 saturated carbocycles. The van der Waals surface area contributed by atoms with Crippen LogP contribution in [-0.4, -0.2) is 37.4 Å². The van der Waals surface area contributed by atoms with Crippen LogP contribution in [0.1, 0.15) is 18.7 Å². The van der Waals surface area contributed by atoms with E-state index in [0.29, 0.717) is 31.6 Å². The van der Waals surface area contributed by atoms with Crippen LogP contribution in [0.3, 0.4) is 0 Å². The lowest BCUT2D eigenvalue weighted by atomic mass is 10.3. The van der Waals surface area contributed by atoms with Crippen LogP contribution in [0.2, 0.25) is 0 Å². The monoisotopic (exact) mass is 248 g/mol. The quantitative estimate of drug-likeness (QED) is 0.587. The van der Waals surface area contributed by atoms with E-state index in [2.05, 4.69) is 19.4 Å². The largest absolute Gasteiger partial charge is 0.343 e. The second-order valence-electron chi connectivity index (χ2n) is 3.31. The van der Waals surface area contributed by atoms with Crippen LogP contribution in [0.15, 0.2) is 10.9 Å². The molecule has 0 unspecified atom stereocenters. The molecule has 8 heteroatoms. The molecule has 7 nitrogen and oxygen atoms in total. The molecule has 0 aromatic carbocycles. The molecule has 1 aromatic rings. The van der Waals surface area contributed by atoms with Crippen molar-refractivity contribution < 1.29 is 12.9 Å². The van der Waals surface area contributed by atoms with Gasteiger partial charge in [-0.3, -0.25) is 0 Å². The summed E-state index contributed by atoms with van der Waals surface area (Å²) in [4.78, 5) is 3.78. The van der Waals surface area contributed by atoms with Gasteiger partial charge in [0.1, 0.15) is 0 Å². The molecule has 0 fully saturated rings. The maximum atomic E-state index is 11.4. The zero-order valence-electron chi connectivity index (χ0n) is 8.92. The maximum absolute atomic E-state index is 11.4. The molecule has 0 aliphatic rings. The fraction of sp³-hybridized carbons (Fsp3) is 0.750. The van der Waals surface area contributed by atoms with Crippen molar-refractivity contribution >= 4 is 10.0 Å². The third-order valence-corrected chi connectivity index (χ3v) is 3.41. The molecule has 1 heterocycles. The first-order valence-corrected chi connectivity index (χ1v) is 6.72. The average molecular weight is 248 g/mol. The summed E-state index contributed by atoms with van der Waals surface area (Å²) in [5.74, 6) is 0.598. The van der Waals surface area contributed by atoms with E-state index in [-0.39, 0.29) is 12.3 Å². The average Bonchev–Trinajstić information content (AvgIpc) is 2.70. The van der Waals surface area contributed by atoms with E-state index in [1.165, 1.54) is 6.39 Å². The van der Waals surface area contributed by atoms with Gasteiger partial charge in [0.15, 0.2) is 5.82 Å². The second kappa shape index (κ2) is 6.56. The molecule has 0 amide bonds. The summed E-state index contributed by atoms with van der Waals surface area (Å²) in [7, 11) is -3.20. The predicted molar refractivity (Wildman–Crippen MR) is 58.1 cm³/mol. The van der Waals surface area contributed by atoms with E-state index in [4.69, 9.17) is 5.73 Å². The normalized spacial score (nSPS) is 11.8. The fourth-order valence-electron chi connectivity index (χ4n) is 1.13. The number of sulfonamides is 1. The van der Waals surface area contributed by atoms with Crippen molar-refractivity contribution in [2.24, 2.45) is 5.73 Å². The standard InChI is InChI=1S/C8H16N4O3S/c9-4-1-2-6-16(13,14)11-5-3-8-10-7-15-12-8/h7,11H,1-6,9H2. The van der Waals surface area contributed by atoms with Gasteiger partial charge in [0.2, 0.25) is 16.4 Å². The summed E-state index contributed by atoms with van der Waals surface area (Å²) >= 11 is 0. The Morgan fingerprint density at radius 2 is 2.25 bits per heavy atom. The molecule has 1 aromatic heterocycles. The minimum atomic E-state index is -3.20. The van der Waals surface area contributed by atoms with Crippen molar-refractivity contribution in [1.82, 2.24) is 14.9 Å². The first kappa shape index (κ1) is 13.1. The van der Waals surface area contributed by atoms with Gasteiger partial charge in [-0.2, -0.15) is 4.98 Å². The molecule has 0 saturated heterocycles. The number of unbranched alkanes of at least 4 members (excludes halogenated alkanes) is 1. The zero-order chi connectivity index (χ0) is 11.9. The number of nitrogens with zero attached hydrogens (tertiary/aromatic N) is 2. The van der Waals surface area contributed by atoms with Crippen molar-refractivity contribution in [2.75, 3.05) is 18.8 Å². The molecule has 0 spiro atoms. The second-order valence-corrected chi connectivity index (χ2v) is 5.23. The van der Waals surface area contributed by atoms with Crippen LogP contribution < -0.4 is 10.5 Å². The summed E-state index contributed by atoms with van der Waals surface area (Å²) in [6, 6.07) is 0. The summed E-state index contributed by atoms with van der Waals surface area (Å²) < 4.78 is 29.8. The van der Waals surface area contributed by atoms with Gasteiger partial charge in [0.05, 0.1) is 5.75 Å². The first-order chi connectivity index (χ1) is 7.64. The van der Waals surface area contributed by atoms with Crippen molar-refractivity contribution in [3.63, 3.8) is 0 Å². The lowest BCUT2D eigenvalue weighted by Crippen LogP contribution is -2.28. The molecule has 0 aliphatic carbocycles. The minimum Gasteiger partial charge on any atom is -0.343 e. The SMILES string of the molecule is NCCCCS(=O)(=O)NCCc1ncon1. The Hall–Kier alpha value is -0.990. The fourth-order valence-corrected chi connectivity index (χ4v) is 2.27. The van der Waals surface area contributed by atoms with Crippen LogP contribution in [0.5, 0.6) is 0 Å². The lowest BCUT2D eigenvalue weighted by Gasteiger charge is -2.04. The van der Waals surface area contributed by atoms with E-state index in [0.717, 1.165) is 0 Å². The highest BCUT2D eigenvalue weighted by Crippen LogP contribution is 1.94. The smallest absolute Gasteiger partial charge is 0.213 e. The van der Waals surface area contributed by atoms with Gasteiger partial charge in [-0.15, -0.1) is 0 Å². The number of aromatic nitrogens is 2. The van der Waals surface area contributed by atoms with Crippen molar-refractivity contribution in [3.05, 3.63) is 12.2 Å². The summed E-state index contributed by atoms with van der Waals surface area (Å²) in [6.07, 6.45) is 2.93. The molecule has 0 radical (unpaired) electrons. The summed E-state index contributed by atoms with van der Waals surface area (Å²) in [5, 5.41) is 3.57. The highest BCUT2D eigenvalue weighted by molar-refractivity contribution is 7.89. The maximum Gasteiger partial charge on any atom is 0.213 e. The lowest BCUT2D eigenvalue weighted by molar-refractivity contribution is 0.409. The molecule has 0 bridgehead atoms. The van der Waals surface area contributed by atoms with E-state index < -0.39 is 10.0 Å². The Kier molecular flexibility index (Phi) is 5.36. The van der Waals surface area contributed by atoms with Gasteiger partial charge in [-0.05, 0) is 19.4 Å². The van der Waals surface area contributed by atoms with Crippen LogP contribution in [0.25, 0.3) is 0 Å². The topological polar surface area (TPSA) is 111 Å². The van der Waals surface area contributed by atoms with E-state index in [1.807, 2.05) is 0 Å². The van der Waals surface area contributed by atoms with Gasteiger partial charge < -0.3 is 10.3 Å². The molecule has 92 valence electrons. The van der Waals surface area contributed by atoms with Crippen molar-refractivity contribution in [3.8, 4) is 0 Å². The molecule has 16 heavy (non-hydrogen) atoms. The van der Waals surface area contributed by atoms with Gasteiger partial charge in [0.25, 0.3) is 0 Å². The summed E-state index contributed by atoms with van der Waals surface area (Å²) in [6.45, 7) is 0.795. The molecular weight excluding hydrogens is 232 g/mol. The van der Waals surface area contributed by atoms with Crippen LogP contribution >= 0.6 is 0 Å². The number of rotatable bonds is 8. The van der Waals surface area contributed by atoms with Crippen LogP contribution in [0.4, 0.5) is 0 Å². The van der Waals surface area contributed by atoms with E-state index in [1.54, 1.807) is 0 Å². The molecule has 1 rings (SSSR count). The summed E-state index contributed by atoms with van der Waals surface area (Å²) in [5.41, 5.74) is 5.28. The van der Waals surface area contributed by atoms with E-state index >= 15 is 0 Å². The molecule has 0 aliphatic heterocycles. The highest BCUT2D eigenvalue weighted by Gasteiger charge is 2.09. The third kappa shape index (κ3) is 5.19. The Balaban J connectivity index is 2.20. The predicted octanol–water partition coefficient (Wildman–Crippen LogP) is -0.730. The zero-order valence-corrected chi connectivity index (χ0v) is 9.74. The molecule has 0 atom stereocenters. The number of hydrogen-bond acceptors (Lipinski definition) is 6. The van der Waals surface area contributed by atoms with Gasteiger partial charge in [0, 0.05) is 13.0 Å². The van der Waals surface area contributed by atoms with E-state index in [9.17, 15) is 8.42 Å². The van der Waals surface area contributed by atoms with Crippen molar-refractivity contribution in [1.29, 1.82) is 0 Å². The van der Waals surface area contributed by atoms with Crippen LogP contribution in [0, 0.1) is 0 Å². The molecule has 3 N–H and O–H groups in total. The number of nitrogens with two attached hydrogens (primary N) is 1. The Morgan fingerprint density at radius 3 is 2.88 bits per heavy atom. The van der Waals surface area contributed by atoms with Gasteiger partial charge in [-0.1, -0.05) is 5.16 Å². The Bertz CT molecular complexity index is 376. The van der Waals surface area contributed by atoms with Gasteiger partial charge in [-0.25, -0.2) is 13.1 Å². The Labute approximate surface area is 94.5 Å². The highest BCUT2D eigenvalue weighted by atomic mass is 32.2. The molecular formula is C8H16N4O3S. The first-order valence-electron chi connectivity index (χ1n) is 5.07. The van der Waals surface area contributed by atoms with Gasteiger partial charge >= 0.3 is 0 Å². The van der Waals surface area contributed by atoms with Crippen molar-refractivity contribution in [2.45, 2.75) is 19.3 Å². The minimum absolute atomic E-state index is 0.108. The number of nitrogens with one attached hydrogen (secondary N) is 1. The Morgan fingerprint density at radius 1 is 1.44 bits per heavy atom. The van der Waals surface area contributed by atoms with Crippen LogP contribution in [-0.2, 0) is 16.4 Å².